The van der Waals surface area contributed by atoms with Crippen molar-refractivity contribution in [3.63, 3.8) is 0 Å². The van der Waals surface area contributed by atoms with Gasteiger partial charge in [-0.25, -0.2) is 4.79 Å². The fraction of sp³-hybridized carbons (Fsp3) is 0.500. The average Bonchev–Trinajstić information content (AvgIpc) is 3.01. The first-order valence-electron chi connectivity index (χ1n) is 8.33. The highest BCUT2D eigenvalue weighted by atomic mass is 16.6. The van der Waals surface area contributed by atoms with E-state index in [-0.39, 0.29) is 18.2 Å². The van der Waals surface area contributed by atoms with Gasteiger partial charge in [0, 0.05) is 12.1 Å². The summed E-state index contributed by atoms with van der Waals surface area (Å²) >= 11 is 0. The van der Waals surface area contributed by atoms with Crippen LogP contribution in [-0.4, -0.2) is 55.3 Å². The fourth-order valence-electron chi connectivity index (χ4n) is 2.63. The standard InChI is InChI=1S/C18H23BN2O4/c1-18(2,3)25-17(24)21-10-4-5-14(21)16(23)20-11-15(22)12-6-8-13(19)9-7-12/h6-9,14H,4-5,10-11H2,1-3H3,(H,20,23)/t14-/m0/s1. The van der Waals surface area contributed by atoms with Gasteiger partial charge in [0.05, 0.1) is 6.54 Å². The quantitative estimate of drug-likeness (QED) is 0.659. The molecule has 1 saturated heterocycles. The van der Waals surface area contributed by atoms with Crippen LogP contribution in [0.25, 0.3) is 0 Å². The number of nitrogens with one attached hydrogen (secondary N) is 1. The Balaban J connectivity index is 1.92. The molecular formula is C18H23BN2O4. The molecule has 25 heavy (non-hydrogen) atoms. The van der Waals surface area contributed by atoms with E-state index in [1.165, 1.54) is 4.90 Å². The molecule has 1 fully saturated rings. The second kappa shape index (κ2) is 7.72. The molecule has 1 aliphatic rings. The maximum atomic E-state index is 12.4. The highest BCUT2D eigenvalue weighted by molar-refractivity contribution is 6.32. The van der Waals surface area contributed by atoms with Crippen molar-refractivity contribution in [2.24, 2.45) is 0 Å². The Morgan fingerprint density at radius 1 is 1.24 bits per heavy atom. The molecule has 132 valence electrons. The van der Waals surface area contributed by atoms with E-state index in [0.717, 1.165) is 6.42 Å². The normalized spacial score (nSPS) is 17.2. The van der Waals surface area contributed by atoms with Crippen LogP contribution in [0.4, 0.5) is 4.79 Å². The van der Waals surface area contributed by atoms with E-state index in [9.17, 15) is 14.4 Å². The third-order valence-electron chi connectivity index (χ3n) is 3.84. The summed E-state index contributed by atoms with van der Waals surface area (Å²) < 4.78 is 5.34. The minimum atomic E-state index is -0.619. The number of carbonyl (C=O) groups excluding carboxylic acids is 3. The van der Waals surface area contributed by atoms with Crippen LogP contribution in [0.1, 0.15) is 44.0 Å². The van der Waals surface area contributed by atoms with E-state index in [2.05, 4.69) is 5.32 Å². The van der Waals surface area contributed by atoms with Gasteiger partial charge >= 0.3 is 6.09 Å². The molecule has 1 heterocycles. The maximum absolute atomic E-state index is 12.4. The minimum Gasteiger partial charge on any atom is -0.444 e. The van der Waals surface area contributed by atoms with Gasteiger partial charge in [-0.1, -0.05) is 29.7 Å². The smallest absolute Gasteiger partial charge is 0.410 e. The van der Waals surface area contributed by atoms with Gasteiger partial charge in [0.25, 0.3) is 0 Å². The maximum Gasteiger partial charge on any atom is 0.410 e. The van der Waals surface area contributed by atoms with Crippen LogP contribution in [0.3, 0.4) is 0 Å². The zero-order valence-electron chi connectivity index (χ0n) is 14.9. The summed E-state index contributed by atoms with van der Waals surface area (Å²) in [5.41, 5.74) is 0.427. The Morgan fingerprint density at radius 3 is 2.48 bits per heavy atom. The number of Topliss-reactive ketones (excluding diaryl/α,β-unsaturated/α-hetero) is 1. The first-order valence-corrected chi connectivity index (χ1v) is 8.33. The van der Waals surface area contributed by atoms with Crippen LogP contribution in [-0.2, 0) is 9.53 Å². The predicted molar refractivity (Wildman–Crippen MR) is 95.1 cm³/mol. The van der Waals surface area contributed by atoms with E-state index in [1.54, 1.807) is 45.0 Å². The van der Waals surface area contributed by atoms with Crippen molar-refractivity contribution in [2.45, 2.75) is 45.3 Å². The van der Waals surface area contributed by atoms with Gasteiger partial charge in [0.2, 0.25) is 5.91 Å². The summed E-state index contributed by atoms with van der Waals surface area (Å²) in [6.45, 7) is 5.68. The molecule has 0 bridgehead atoms. The molecule has 1 aliphatic heterocycles. The first kappa shape index (κ1) is 19.0. The van der Waals surface area contributed by atoms with E-state index in [4.69, 9.17) is 12.6 Å². The Labute approximate surface area is 149 Å². The van der Waals surface area contributed by atoms with Crippen LogP contribution in [0.5, 0.6) is 0 Å². The lowest BCUT2D eigenvalue weighted by Gasteiger charge is -2.28. The molecule has 2 amide bonds. The van der Waals surface area contributed by atoms with Crippen molar-refractivity contribution in [1.82, 2.24) is 10.2 Å². The Kier molecular flexibility index (Phi) is 5.87. The monoisotopic (exact) mass is 342 g/mol. The van der Waals surface area contributed by atoms with Crippen molar-refractivity contribution >= 4 is 31.1 Å². The van der Waals surface area contributed by atoms with Crippen molar-refractivity contribution in [3.05, 3.63) is 29.8 Å². The second-order valence-electron chi connectivity index (χ2n) is 7.09. The molecule has 7 heteroatoms. The van der Waals surface area contributed by atoms with E-state index < -0.39 is 17.7 Å². The van der Waals surface area contributed by atoms with Crippen LogP contribution < -0.4 is 10.8 Å². The van der Waals surface area contributed by atoms with Gasteiger partial charge in [-0.05, 0) is 33.6 Å². The molecule has 0 aromatic heterocycles. The lowest BCUT2D eigenvalue weighted by atomic mass is 9.94. The van der Waals surface area contributed by atoms with Gasteiger partial charge in [-0.2, -0.15) is 0 Å². The molecule has 1 atom stereocenters. The van der Waals surface area contributed by atoms with Crippen molar-refractivity contribution in [1.29, 1.82) is 0 Å². The number of nitrogens with zero attached hydrogens (tertiary/aromatic N) is 1. The van der Waals surface area contributed by atoms with Gasteiger partial charge in [-0.3, -0.25) is 14.5 Å². The minimum absolute atomic E-state index is 0.124. The number of likely N-dealkylation sites (tertiary alicyclic amines) is 1. The third-order valence-corrected chi connectivity index (χ3v) is 3.84. The first-order chi connectivity index (χ1) is 11.7. The number of amides is 2. The number of hydrogen-bond donors (Lipinski definition) is 1. The van der Waals surface area contributed by atoms with Crippen molar-refractivity contribution in [2.75, 3.05) is 13.1 Å². The second-order valence-corrected chi connectivity index (χ2v) is 7.09. The zero-order chi connectivity index (χ0) is 18.6. The molecule has 2 rings (SSSR count). The molecule has 0 unspecified atom stereocenters. The van der Waals surface area contributed by atoms with Crippen LogP contribution in [0.15, 0.2) is 24.3 Å². The highest BCUT2D eigenvalue weighted by Gasteiger charge is 2.36. The summed E-state index contributed by atoms with van der Waals surface area (Å²) in [4.78, 5) is 38.1. The van der Waals surface area contributed by atoms with Crippen LogP contribution >= 0.6 is 0 Å². The summed E-state index contributed by atoms with van der Waals surface area (Å²) in [7, 11) is 5.59. The molecular weight excluding hydrogens is 319 g/mol. The lowest BCUT2D eigenvalue weighted by molar-refractivity contribution is -0.125. The third kappa shape index (κ3) is 5.34. The molecule has 0 saturated carbocycles. The topological polar surface area (TPSA) is 75.7 Å². The number of ketones is 1. The SMILES string of the molecule is [B]c1ccc(C(=O)CNC(=O)[C@@H]2CCCN2C(=O)OC(C)(C)C)cc1. The van der Waals surface area contributed by atoms with Crippen LogP contribution in [0.2, 0.25) is 0 Å². The molecule has 6 nitrogen and oxygen atoms in total. The summed E-state index contributed by atoms with van der Waals surface area (Å²) in [6.07, 6.45) is 0.777. The largest absolute Gasteiger partial charge is 0.444 e. The van der Waals surface area contributed by atoms with Gasteiger partial charge < -0.3 is 10.1 Å². The number of carbonyl (C=O) groups is 3. The summed E-state index contributed by atoms with van der Waals surface area (Å²) in [5, 5.41) is 2.62. The molecule has 2 radical (unpaired) electrons. The Morgan fingerprint density at radius 2 is 1.88 bits per heavy atom. The van der Waals surface area contributed by atoms with Gasteiger partial charge in [0.15, 0.2) is 5.78 Å². The van der Waals surface area contributed by atoms with Crippen molar-refractivity contribution in [3.8, 4) is 0 Å². The Bertz CT molecular complexity index is 652. The van der Waals surface area contributed by atoms with Gasteiger partial charge in [-0.15, -0.1) is 0 Å². The van der Waals surface area contributed by atoms with Crippen LogP contribution in [0, 0.1) is 0 Å². The molecule has 0 aliphatic carbocycles. The molecule has 1 aromatic rings. The molecule has 1 N–H and O–H groups in total. The summed E-state index contributed by atoms with van der Waals surface area (Å²) in [6, 6.07) is 5.90. The molecule has 1 aromatic carbocycles. The van der Waals surface area contributed by atoms with Gasteiger partial charge in [0.1, 0.15) is 19.5 Å². The van der Waals surface area contributed by atoms with E-state index >= 15 is 0 Å². The number of hydrogen-bond acceptors (Lipinski definition) is 4. The molecule has 0 spiro atoms. The highest BCUT2D eigenvalue weighted by Crippen LogP contribution is 2.21. The number of ether oxygens (including phenoxy) is 1. The summed E-state index contributed by atoms with van der Waals surface area (Å²) in [5.74, 6) is -0.553. The average molecular weight is 342 g/mol. The van der Waals surface area contributed by atoms with E-state index in [1.807, 2.05) is 0 Å². The number of rotatable bonds is 4. The fourth-order valence-corrected chi connectivity index (χ4v) is 2.63. The lowest BCUT2D eigenvalue weighted by Crippen LogP contribution is -2.48. The van der Waals surface area contributed by atoms with E-state index in [0.29, 0.717) is 24.0 Å². The van der Waals surface area contributed by atoms with Crippen molar-refractivity contribution < 1.29 is 19.1 Å². The Hall–Kier alpha value is -2.31. The number of benzene rings is 1. The zero-order valence-corrected chi connectivity index (χ0v) is 14.9. The predicted octanol–water partition coefficient (Wildman–Crippen LogP) is 1.18.